The van der Waals surface area contributed by atoms with Gasteiger partial charge in [0, 0.05) is 25.2 Å². The number of rotatable bonds is 11. The molecule has 35 heavy (non-hydrogen) atoms. The number of nitrogens with zero attached hydrogens (tertiary/aromatic N) is 3. The normalized spacial score (nSPS) is 12.2. The van der Waals surface area contributed by atoms with Gasteiger partial charge >= 0.3 is 0 Å². The summed E-state index contributed by atoms with van der Waals surface area (Å²) in [5.74, 6) is -0.767. The molecule has 0 unspecified atom stereocenters. The van der Waals surface area contributed by atoms with Crippen LogP contribution in [-0.2, 0) is 26.2 Å². The van der Waals surface area contributed by atoms with Crippen molar-refractivity contribution >= 4 is 33.2 Å². The molecule has 2 aromatic rings. The zero-order chi connectivity index (χ0) is 26.3. The Kier molecular flexibility index (Phi) is 9.35. The second kappa shape index (κ2) is 11.8. The molecule has 0 aliphatic heterocycles. The van der Waals surface area contributed by atoms with Crippen LogP contribution in [0.1, 0.15) is 31.9 Å². The highest BCUT2D eigenvalue weighted by molar-refractivity contribution is 7.92. The van der Waals surface area contributed by atoms with Gasteiger partial charge in [0.15, 0.2) is 0 Å². The molecule has 0 spiro atoms. The predicted molar refractivity (Wildman–Crippen MR) is 134 cm³/mol. The molecule has 190 valence electrons. The molecule has 0 saturated heterocycles. The number of carbonyl (C=O) groups excluding carboxylic acids is 2. The van der Waals surface area contributed by atoms with E-state index in [1.165, 1.54) is 23.1 Å². The zero-order valence-corrected chi connectivity index (χ0v) is 21.4. The lowest BCUT2D eigenvalue weighted by atomic mass is 10.1. The van der Waals surface area contributed by atoms with Crippen LogP contribution in [0.25, 0.3) is 0 Å². The Hall–Kier alpha value is -3.47. The summed E-state index contributed by atoms with van der Waals surface area (Å²) in [5, 5.41) is 14.0. The fourth-order valence-corrected chi connectivity index (χ4v) is 4.14. The highest BCUT2D eigenvalue weighted by atomic mass is 32.2. The van der Waals surface area contributed by atoms with Gasteiger partial charge in [0.2, 0.25) is 21.8 Å². The van der Waals surface area contributed by atoms with Crippen LogP contribution in [-0.4, -0.2) is 55.4 Å². The van der Waals surface area contributed by atoms with E-state index in [1.807, 2.05) is 45.0 Å². The molecule has 2 amide bonds. The Morgan fingerprint density at radius 1 is 1.09 bits per heavy atom. The second-order valence-electron chi connectivity index (χ2n) is 8.87. The van der Waals surface area contributed by atoms with Gasteiger partial charge in [0.25, 0.3) is 5.69 Å². The van der Waals surface area contributed by atoms with Crippen molar-refractivity contribution in [2.75, 3.05) is 23.7 Å². The molecule has 0 fully saturated rings. The van der Waals surface area contributed by atoms with Crippen LogP contribution in [0.5, 0.6) is 0 Å². The first-order valence-electron chi connectivity index (χ1n) is 11.1. The number of nitro groups is 1. The molecule has 1 atom stereocenters. The van der Waals surface area contributed by atoms with E-state index in [0.717, 1.165) is 27.8 Å². The minimum atomic E-state index is -3.97. The van der Waals surface area contributed by atoms with E-state index >= 15 is 0 Å². The van der Waals surface area contributed by atoms with Crippen LogP contribution in [0.15, 0.2) is 48.5 Å². The third kappa shape index (κ3) is 8.06. The minimum absolute atomic E-state index is 0.0118. The van der Waals surface area contributed by atoms with E-state index in [9.17, 15) is 28.1 Å². The number of hydrogen-bond donors (Lipinski definition) is 1. The van der Waals surface area contributed by atoms with E-state index in [0.29, 0.717) is 6.54 Å². The average molecular weight is 505 g/mol. The van der Waals surface area contributed by atoms with Crippen LogP contribution in [0, 0.1) is 23.0 Å². The Labute approximate surface area is 206 Å². The van der Waals surface area contributed by atoms with E-state index < -0.39 is 33.4 Å². The summed E-state index contributed by atoms with van der Waals surface area (Å²) in [6.07, 6.45) is 0.919. The number of non-ortho nitro benzene ring substituents is 1. The number of hydrogen-bond acceptors (Lipinski definition) is 6. The Morgan fingerprint density at radius 3 is 2.26 bits per heavy atom. The third-order valence-corrected chi connectivity index (χ3v) is 6.47. The highest BCUT2D eigenvalue weighted by Gasteiger charge is 2.30. The average Bonchev–Trinajstić information content (AvgIpc) is 2.79. The summed E-state index contributed by atoms with van der Waals surface area (Å²) in [6, 6.07) is 11.6. The number of sulfonamides is 1. The molecule has 0 saturated carbocycles. The molecular formula is C24H32N4O6S. The monoisotopic (exact) mass is 504 g/mol. The number of nitro benzene ring substituents is 1. The largest absolute Gasteiger partial charge is 0.354 e. The number of nitrogens with one attached hydrogen (secondary N) is 1. The lowest BCUT2D eigenvalue weighted by Gasteiger charge is -2.31. The van der Waals surface area contributed by atoms with Crippen LogP contribution in [0.3, 0.4) is 0 Å². The number of anilines is 1. The van der Waals surface area contributed by atoms with Crippen molar-refractivity contribution in [1.29, 1.82) is 0 Å². The summed E-state index contributed by atoms with van der Waals surface area (Å²) < 4.78 is 25.9. The maximum absolute atomic E-state index is 13.5. The van der Waals surface area contributed by atoms with E-state index in [2.05, 4.69) is 5.32 Å². The first-order chi connectivity index (χ1) is 16.3. The topological polar surface area (TPSA) is 130 Å². The summed E-state index contributed by atoms with van der Waals surface area (Å²) in [4.78, 5) is 38.1. The minimum Gasteiger partial charge on any atom is -0.354 e. The third-order valence-electron chi connectivity index (χ3n) is 5.33. The SMILES string of the molecule is Cc1ccc(CN(C(=O)CN(c2cccc([N+](=O)[O-])c2)S(C)(=O)=O)[C@@H](C)C(=O)NCC(C)C)cc1. The Morgan fingerprint density at radius 2 is 1.71 bits per heavy atom. The van der Waals surface area contributed by atoms with E-state index in [1.54, 1.807) is 6.92 Å². The zero-order valence-electron chi connectivity index (χ0n) is 20.6. The van der Waals surface area contributed by atoms with Gasteiger partial charge in [-0.05, 0) is 31.4 Å². The van der Waals surface area contributed by atoms with Gasteiger partial charge in [0.1, 0.15) is 12.6 Å². The summed E-state index contributed by atoms with van der Waals surface area (Å²) in [6.45, 7) is 7.30. The van der Waals surface area contributed by atoms with Gasteiger partial charge in [-0.25, -0.2) is 8.42 Å². The van der Waals surface area contributed by atoms with Crippen LogP contribution < -0.4 is 9.62 Å². The van der Waals surface area contributed by atoms with Crippen molar-refractivity contribution in [3.05, 3.63) is 69.8 Å². The molecule has 2 aromatic carbocycles. The van der Waals surface area contributed by atoms with Crippen molar-refractivity contribution < 1.29 is 22.9 Å². The van der Waals surface area contributed by atoms with Crippen LogP contribution >= 0.6 is 0 Å². The molecule has 0 radical (unpaired) electrons. The predicted octanol–water partition coefficient (Wildman–Crippen LogP) is 2.86. The first-order valence-corrected chi connectivity index (χ1v) is 13.0. The summed E-state index contributed by atoms with van der Waals surface area (Å²) in [7, 11) is -3.97. The van der Waals surface area contributed by atoms with Gasteiger partial charge < -0.3 is 10.2 Å². The molecule has 1 N–H and O–H groups in total. The molecule has 0 bridgehead atoms. The molecule has 10 nitrogen and oxygen atoms in total. The lowest BCUT2D eigenvalue weighted by Crippen LogP contribution is -2.51. The lowest BCUT2D eigenvalue weighted by molar-refractivity contribution is -0.384. The number of benzene rings is 2. The van der Waals surface area contributed by atoms with Crippen LogP contribution in [0.2, 0.25) is 0 Å². The second-order valence-corrected chi connectivity index (χ2v) is 10.8. The van der Waals surface area contributed by atoms with Crippen molar-refractivity contribution in [3.63, 3.8) is 0 Å². The molecule has 0 aromatic heterocycles. The number of aryl methyl sites for hydroxylation is 1. The molecular weight excluding hydrogens is 472 g/mol. The number of amides is 2. The van der Waals surface area contributed by atoms with Crippen LogP contribution in [0.4, 0.5) is 11.4 Å². The Bertz CT molecular complexity index is 1160. The van der Waals surface area contributed by atoms with Gasteiger partial charge in [0.05, 0.1) is 16.9 Å². The van der Waals surface area contributed by atoms with Crippen molar-refractivity contribution in [3.8, 4) is 0 Å². The fraction of sp³-hybridized carbons (Fsp3) is 0.417. The maximum atomic E-state index is 13.5. The van der Waals surface area contributed by atoms with Gasteiger partial charge in [-0.1, -0.05) is 49.7 Å². The molecule has 0 aliphatic carbocycles. The van der Waals surface area contributed by atoms with Gasteiger partial charge in [-0.15, -0.1) is 0 Å². The van der Waals surface area contributed by atoms with E-state index in [-0.39, 0.29) is 29.7 Å². The van der Waals surface area contributed by atoms with Gasteiger partial charge in [-0.2, -0.15) is 0 Å². The standard InChI is InChI=1S/C24H32N4O6S/c1-17(2)14-25-24(30)19(4)26(15-20-11-9-18(3)10-12-20)23(29)16-27(35(5,33)34)21-7-6-8-22(13-21)28(31)32/h6-13,17,19H,14-16H2,1-5H3,(H,25,30)/t19-/m0/s1. The smallest absolute Gasteiger partial charge is 0.271 e. The quantitative estimate of drug-likeness (QED) is 0.370. The fourth-order valence-electron chi connectivity index (χ4n) is 3.30. The molecule has 2 rings (SSSR count). The molecule has 11 heteroatoms. The highest BCUT2D eigenvalue weighted by Crippen LogP contribution is 2.24. The molecule has 0 aliphatic rings. The summed E-state index contributed by atoms with van der Waals surface area (Å²) in [5.41, 5.74) is 1.49. The maximum Gasteiger partial charge on any atom is 0.271 e. The molecule has 0 heterocycles. The summed E-state index contributed by atoms with van der Waals surface area (Å²) >= 11 is 0. The van der Waals surface area contributed by atoms with Gasteiger partial charge in [-0.3, -0.25) is 24.0 Å². The van der Waals surface area contributed by atoms with Crippen molar-refractivity contribution in [2.45, 2.75) is 40.3 Å². The van der Waals surface area contributed by atoms with Crippen molar-refractivity contribution in [1.82, 2.24) is 10.2 Å². The Balaban J connectivity index is 2.39. The van der Waals surface area contributed by atoms with Crippen molar-refractivity contribution in [2.24, 2.45) is 5.92 Å². The first kappa shape index (κ1) is 27.8. The number of carbonyl (C=O) groups is 2. The van der Waals surface area contributed by atoms with E-state index in [4.69, 9.17) is 0 Å².